The summed E-state index contributed by atoms with van der Waals surface area (Å²) in [6.07, 6.45) is 8.30. The van der Waals surface area contributed by atoms with Crippen molar-refractivity contribution in [3.8, 4) is 0 Å². The molecule has 0 radical (unpaired) electrons. The first-order valence-corrected chi connectivity index (χ1v) is 6.95. The number of nitrogens with one attached hydrogen (secondary N) is 1. The van der Waals surface area contributed by atoms with E-state index >= 15 is 0 Å². The van der Waals surface area contributed by atoms with Crippen LogP contribution in [0.1, 0.15) is 25.3 Å². The summed E-state index contributed by atoms with van der Waals surface area (Å²) in [5.74, 6) is 0. The first-order valence-electron chi connectivity index (χ1n) is 6.95. The third kappa shape index (κ3) is 2.91. The van der Waals surface area contributed by atoms with Crippen LogP contribution in [0.2, 0.25) is 0 Å². The monoisotopic (exact) mass is 270 g/mol. The van der Waals surface area contributed by atoms with Gasteiger partial charge in [0, 0.05) is 12.3 Å². The van der Waals surface area contributed by atoms with Crippen LogP contribution in [0, 0.1) is 0 Å². The number of benzene rings is 1. The van der Waals surface area contributed by atoms with Gasteiger partial charge in [-0.25, -0.2) is 0 Å². The maximum atomic E-state index is 5.70. The summed E-state index contributed by atoms with van der Waals surface area (Å²) in [6, 6.07) is 6.51. The second-order valence-corrected chi connectivity index (χ2v) is 4.74. The molecule has 20 heavy (non-hydrogen) atoms. The van der Waals surface area contributed by atoms with Gasteiger partial charge in [0.15, 0.2) is 5.58 Å². The molecule has 1 aliphatic carbocycles. The lowest BCUT2D eigenvalue weighted by atomic mass is 10.1. The molecular formula is C16H18N2O2. The van der Waals surface area contributed by atoms with Crippen molar-refractivity contribution in [1.29, 1.82) is 0 Å². The second kappa shape index (κ2) is 5.92. The molecule has 1 N–H and O–H groups in total. The van der Waals surface area contributed by atoms with Gasteiger partial charge in [-0.05, 0) is 43.5 Å². The van der Waals surface area contributed by atoms with Crippen LogP contribution in [0.5, 0.6) is 0 Å². The average Bonchev–Trinajstić information content (AvgIpc) is 2.87. The molecule has 0 unspecified atom stereocenters. The van der Waals surface area contributed by atoms with E-state index in [1.165, 1.54) is 0 Å². The molecule has 1 heterocycles. The molecule has 1 aromatic heterocycles. The quantitative estimate of drug-likeness (QED) is 0.891. The summed E-state index contributed by atoms with van der Waals surface area (Å²) >= 11 is 0. The number of anilines is 1. The van der Waals surface area contributed by atoms with Crippen molar-refractivity contribution < 1.29 is 9.15 Å². The molecule has 0 atom stereocenters. The van der Waals surface area contributed by atoms with Crippen LogP contribution in [0.15, 0.2) is 46.5 Å². The predicted octanol–water partition coefficient (Wildman–Crippen LogP) is 4.01. The number of rotatable bonds is 5. The lowest BCUT2D eigenvalue weighted by Gasteiger charge is -2.07. The van der Waals surface area contributed by atoms with Crippen molar-refractivity contribution in [3.05, 3.63) is 47.7 Å². The number of fused-ring (bicyclic) bond motifs is 1. The van der Waals surface area contributed by atoms with Gasteiger partial charge in [0.25, 0.3) is 6.01 Å². The Hall–Kier alpha value is -2.07. The highest BCUT2D eigenvalue weighted by molar-refractivity contribution is 5.75. The predicted molar refractivity (Wildman–Crippen MR) is 79.4 cm³/mol. The molecule has 0 saturated carbocycles. The highest BCUT2D eigenvalue weighted by Gasteiger charge is 2.08. The third-order valence-electron chi connectivity index (χ3n) is 3.21. The molecule has 4 heteroatoms. The van der Waals surface area contributed by atoms with Gasteiger partial charge in [0.2, 0.25) is 0 Å². The number of hydrogen-bond acceptors (Lipinski definition) is 4. The van der Waals surface area contributed by atoms with Crippen LogP contribution in [0.25, 0.3) is 11.1 Å². The van der Waals surface area contributed by atoms with Gasteiger partial charge >= 0.3 is 0 Å². The first kappa shape index (κ1) is 12.9. The van der Waals surface area contributed by atoms with Crippen LogP contribution in [-0.4, -0.2) is 11.6 Å². The smallest absolute Gasteiger partial charge is 0.300 e. The van der Waals surface area contributed by atoms with Crippen LogP contribution < -0.4 is 5.32 Å². The Balaban J connectivity index is 1.79. The van der Waals surface area contributed by atoms with Gasteiger partial charge in [-0.15, -0.1) is 0 Å². The van der Waals surface area contributed by atoms with E-state index in [9.17, 15) is 0 Å². The number of aromatic nitrogens is 1. The van der Waals surface area contributed by atoms with Gasteiger partial charge < -0.3 is 14.5 Å². The molecule has 2 aromatic rings. The fraction of sp³-hybridized carbons (Fsp3) is 0.312. The van der Waals surface area contributed by atoms with Crippen molar-refractivity contribution in [3.63, 3.8) is 0 Å². The summed E-state index contributed by atoms with van der Waals surface area (Å²) in [5, 5.41) is 3.23. The molecule has 3 rings (SSSR count). The average molecular weight is 270 g/mol. The number of oxazole rings is 1. The van der Waals surface area contributed by atoms with E-state index < -0.39 is 0 Å². The van der Waals surface area contributed by atoms with E-state index in [-0.39, 0.29) is 0 Å². The molecule has 0 spiro atoms. The molecule has 0 saturated heterocycles. The fourth-order valence-corrected chi connectivity index (χ4v) is 2.18. The van der Waals surface area contributed by atoms with Crippen molar-refractivity contribution >= 4 is 17.1 Å². The SMILES string of the molecule is CCOCc1ccc2oc(NC3=CC=CCC3)nc2c1. The topological polar surface area (TPSA) is 47.3 Å². The van der Waals surface area contributed by atoms with Crippen LogP contribution >= 0.6 is 0 Å². The van der Waals surface area contributed by atoms with E-state index in [0.29, 0.717) is 19.2 Å². The minimum Gasteiger partial charge on any atom is -0.423 e. The van der Waals surface area contributed by atoms with Crippen molar-refractivity contribution in [2.75, 3.05) is 11.9 Å². The molecule has 4 nitrogen and oxygen atoms in total. The van der Waals surface area contributed by atoms with E-state index in [1.807, 2.05) is 25.1 Å². The third-order valence-corrected chi connectivity index (χ3v) is 3.21. The zero-order chi connectivity index (χ0) is 13.8. The second-order valence-electron chi connectivity index (χ2n) is 4.74. The highest BCUT2D eigenvalue weighted by Crippen LogP contribution is 2.23. The van der Waals surface area contributed by atoms with Crippen molar-refractivity contribution in [2.45, 2.75) is 26.4 Å². The normalized spacial score (nSPS) is 14.6. The first-order chi connectivity index (χ1) is 9.85. The minimum absolute atomic E-state index is 0.551. The number of nitrogens with zero attached hydrogens (tertiary/aromatic N) is 1. The summed E-state index contributed by atoms with van der Waals surface area (Å²) in [4.78, 5) is 4.48. The summed E-state index contributed by atoms with van der Waals surface area (Å²) in [7, 11) is 0. The molecule has 0 bridgehead atoms. The number of ether oxygens (including phenoxy) is 1. The van der Waals surface area contributed by atoms with Crippen LogP contribution in [-0.2, 0) is 11.3 Å². The molecular weight excluding hydrogens is 252 g/mol. The summed E-state index contributed by atoms with van der Waals surface area (Å²) in [6.45, 7) is 3.31. The molecule has 0 aliphatic heterocycles. The standard InChI is InChI=1S/C16H18N2O2/c1-2-19-11-12-8-9-15-14(10-12)18-16(20-15)17-13-6-4-3-5-7-13/h3-4,6,8-10H,2,5,7,11H2,1H3,(H,17,18). The molecule has 104 valence electrons. The highest BCUT2D eigenvalue weighted by atomic mass is 16.5. The summed E-state index contributed by atoms with van der Waals surface area (Å²) in [5.41, 5.74) is 3.89. The molecule has 0 fully saturated rings. The Morgan fingerprint density at radius 3 is 3.15 bits per heavy atom. The van der Waals surface area contributed by atoms with Crippen LogP contribution in [0.3, 0.4) is 0 Å². The van der Waals surface area contributed by atoms with E-state index in [2.05, 4.69) is 28.5 Å². The minimum atomic E-state index is 0.551. The maximum Gasteiger partial charge on any atom is 0.300 e. The van der Waals surface area contributed by atoms with Gasteiger partial charge in [-0.1, -0.05) is 18.2 Å². The van der Waals surface area contributed by atoms with Gasteiger partial charge in [0.05, 0.1) is 6.61 Å². The van der Waals surface area contributed by atoms with Crippen molar-refractivity contribution in [2.24, 2.45) is 0 Å². The number of allylic oxidation sites excluding steroid dienone is 4. The fourth-order valence-electron chi connectivity index (χ4n) is 2.18. The maximum absolute atomic E-state index is 5.70. The Bertz CT molecular complexity index is 656. The van der Waals surface area contributed by atoms with Crippen LogP contribution in [0.4, 0.5) is 6.01 Å². The molecule has 1 aromatic carbocycles. The molecule has 0 amide bonds. The lowest BCUT2D eigenvalue weighted by molar-refractivity contribution is 0.134. The largest absolute Gasteiger partial charge is 0.423 e. The Kier molecular flexibility index (Phi) is 3.83. The van der Waals surface area contributed by atoms with Crippen molar-refractivity contribution in [1.82, 2.24) is 4.98 Å². The van der Waals surface area contributed by atoms with E-state index in [0.717, 1.165) is 35.2 Å². The Morgan fingerprint density at radius 1 is 1.40 bits per heavy atom. The molecule has 1 aliphatic rings. The summed E-state index contributed by atoms with van der Waals surface area (Å²) < 4.78 is 11.1. The zero-order valence-electron chi connectivity index (χ0n) is 11.6. The Labute approximate surface area is 118 Å². The van der Waals surface area contributed by atoms with E-state index in [1.54, 1.807) is 0 Å². The number of hydrogen-bond donors (Lipinski definition) is 1. The van der Waals surface area contributed by atoms with E-state index in [4.69, 9.17) is 9.15 Å². The van der Waals surface area contributed by atoms with Gasteiger partial charge in [0.1, 0.15) is 5.52 Å². The Morgan fingerprint density at radius 2 is 2.35 bits per heavy atom. The van der Waals surface area contributed by atoms with Gasteiger partial charge in [-0.2, -0.15) is 4.98 Å². The lowest BCUT2D eigenvalue weighted by Crippen LogP contribution is -2.00. The zero-order valence-corrected chi connectivity index (χ0v) is 11.6. The van der Waals surface area contributed by atoms with Gasteiger partial charge in [-0.3, -0.25) is 0 Å².